The van der Waals surface area contributed by atoms with E-state index >= 15 is 0 Å². The zero-order valence-electron chi connectivity index (χ0n) is 13.8. The molecular formula is C16H18F3N3O3. The Morgan fingerprint density at radius 1 is 1.40 bits per heavy atom. The molecule has 0 bridgehead atoms. The van der Waals surface area contributed by atoms with Crippen LogP contribution in [0.1, 0.15) is 24.8 Å². The fraction of sp³-hybridized carbons (Fsp3) is 0.438. The lowest BCUT2D eigenvalue weighted by molar-refractivity contribution is -0.137. The van der Waals surface area contributed by atoms with E-state index < -0.39 is 11.7 Å². The van der Waals surface area contributed by atoms with Crippen LogP contribution in [0.3, 0.4) is 0 Å². The van der Waals surface area contributed by atoms with Crippen LogP contribution < -0.4 is 5.32 Å². The van der Waals surface area contributed by atoms with Gasteiger partial charge in [-0.25, -0.2) is 0 Å². The first kappa shape index (κ1) is 18.9. The van der Waals surface area contributed by atoms with Crippen molar-refractivity contribution in [2.75, 3.05) is 13.7 Å². The summed E-state index contributed by atoms with van der Waals surface area (Å²) >= 11 is 0. The summed E-state index contributed by atoms with van der Waals surface area (Å²) in [6, 6.07) is 4.53. The summed E-state index contributed by atoms with van der Waals surface area (Å²) in [6.45, 7) is 2.20. The molecule has 2 aromatic rings. The molecule has 0 saturated heterocycles. The summed E-state index contributed by atoms with van der Waals surface area (Å²) in [5.41, 5.74) is -0.592. The second kappa shape index (κ2) is 8.11. The van der Waals surface area contributed by atoms with E-state index in [0.717, 1.165) is 12.1 Å². The number of halogens is 3. The normalized spacial score (nSPS) is 12.8. The molecule has 0 aliphatic heterocycles. The molecule has 1 atom stereocenters. The fourth-order valence-electron chi connectivity index (χ4n) is 2.17. The number of alkyl halides is 3. The maximum absolute atomic E-state index is 12.7. The molecule has 0 aliphatic rings. The first-order valence-electron chi connectivity index (χ1n) is 7.58. The Balaban J connectivity index is 1.97. The minimum absolute atomic E-state index is 0.0502. The number of nitrogens with zero attached hydrogens (tertiary/aromatic N) is 2. The van der Waals surface area contributed by atoms with E-state index in [1.54, 1.807) is 6.92 Å². The standard InChI is InChI=1S/C16H18F3N3O3/c1-10(9-24-2)20-13(23)6-7-14-21-15(22-25-14)11-4-3-5-12(8-11)16(17,18)19/h3-5,8,10H,6-7,9H2,1-2H3,(H,20,23)/t10-/m1/s1. The molecule has 25 heavy (non-hydrogen) atoms. The molecule has 1 N–H and O–H groups in total. The molecule has 0 fully saturated rings. The lowest BCUT2D eigenvalue weighted by atomic mass is 10.1. The molecule has 136 valence electrons. The van der Waals surface area contributed by atoms with Crippen LogP contribution in [0.4, 0.5) is 13.2 Å². The van der Waals surface area contributed by atoms with E-state index in [9.17, 15) is 18.0 Å². The summed E-state index contributed by atoms with van der Waals surface area (Å²) in [4.78, 5) is 15.8. The van der Waals surface area contributed by atoms with Crippen LogP contribution in [0.2, 0.25) is 0 Å². The SMILES string of the molecule is COC[C@@H](C)NC(=O)CCc1nc(-c2cccc(C(F)(F)F)c2)no1. The number of aryl methyl sites for hydroxylation is 1. The van der Waals surface area contributed by atoms with Gasteiger partial charge in [-0.15, -0.1) is 0 Å². The van der Waals surface area contributed by atoms with Crippen LogP contribution in [0.15, 0.2) is 28.8 Å². The maximum Gasteiger partial charge on any atom is 0.416 e. The number of carbonyl (C=O) groups is 1. The Labute approximate surface area is 142 Å². The highest BCUT2D eigenvalue weighted by molar-refractivity contribution is 5.76. The molecule has 1 heterocycles. The average Bonchev–Trinajstić information content (AvgIpc) is 3.01. The van der Waals surface area contributed by atoms with Crippen molar-refractivity contribution >= 4 is 5.91 Å². The van der Waals surface area contributed by atoms with Gasteiger partial charge in [0.2, 0.25) is 17.6 Å². The molecule has 9 heteroatoms. The quantitative estimate of drug-likeness (QED) is 0.825. The third-order valence-electron chi connectivity index (χ3n) is 3.31. The molecule has 1 aromatic carbocycles. The fourth-order valence-corrected chi connectivity index (χ4v) is 2.17. The van der Waals surface area contributed by atoms with Gasteiger partial charge in [0.15, 0.2) is 0 Å². The van der Waals surface area contributed by atoms with E-state index in [2.05, 4.69) is 15.5 Å². The number of hydrogen-bond donors (Lipinski definition) is 1. The van der Waals surface area contributed by atoms with Crippen molar-refractivity contribution in [3.8, 4) is 11.4 Å². The first-order chi connectivity index (χ1) is 11.8. The molecule has 0 radical (unpaired) electrons. The Morgan fingerprint density at radius 3 is 2.84 bits per heavy atom. The van der Waals surface area contributed by atoms with Crippen LogP contribution in [-0.2, 0) is 22.1 Å². The van der Waals surface area contributed by atoms with Gasteiger partial charge in [0.25, 0.3) is 0 Å². The number of carbonyl (C=O) groups excluding carboxylic acids is 1. The zero-order chi connectivity index (χ0) is 18.4. The second-order valence-corrected chi connectivity index (χ2v) is 5.51. The van der Waals surface area contributed by atoms with Crippen molar-refractivity contribution in [3.63, 3.8) is 0 Å². The largest absolute Gasteiger partial charge is 0.416 e. The molecule has 0 saturated carbocycles. The number of methoxy groups -OCH3 is 1. The summed E-state index contributed by atoms with van der Waals surface area (Å²) in [7, 11) is 1.54. The molecule has 2 rings (SSSR count). The van der Waals surface area contributed by atoms with Crippen LogP contribution in [0.25, 0.3) is 11.4 Å². The topological polar surface area (TPSA) is 77.2 Å². The number of benzene rings is 1. The third-order valence-corrected chi connectivity index (χ3v) is 3.31. The minimum Gasteiger partial charge on any atom is -0.383 e. The van der Waals surface area contributed by atoms with Crippen LogP contribution in [0, 0.1) is 0 Å². The third kappa shape index (κ3) is 5.56. The number of rotatable bonds is 7. The van der Waals surface area contributed by atoms with Gasteiger partial charge in [-0.1, -0.05) is 17.3 Å². The Hall–Kier alpha value is -2.42. The van der Waals surface area contributed by atoms with Crippen molar-refractivity contribution in [1.29, 1.82) is 0 Å². The molecule has 0 aliphatic carbocycles. The van der Waals surface area contributed by atoms with Crippen LogP contribution >= 0.6 is 0 Å². The number of amides is 1. The van der Waals surface area contributed by atoms with E-state index in [4.69, 9.17) is 9.26 Å². The lowest BCUT2D eigenvalue weighted by Gasteiger charge is -2.11. The van der Waals surface area contributed by atoms with Gasteiger partial charge in [-0.05, 0) is 19.1 Å². The molecule has 0 unspecified atom stereocenters. The van der Waals surface area contributed by atoms with Gasteiger partial charge in [0.05, 0.1) is 12.2 Å². The number of aromatic nitrogens is 2. The van der Waals surface area contributed by atoms with Crippen molar-refractivity contribution in [2.24, 2.45) is 0 Å². The molecule has 0 spiro atoms. The number of ether oxygens (including phenoxy) is 1. The van der Waals surface area contributed by atoms with E-state index in [1.807, 2.05) is 0 Å². The molecular weight excluding hydrogens is 339 g/mol. The van der Waals surface area contributed by atoms with Crippen molar-refractivity contribution in [3.05, 3.63) is 35.7 Å². The van der Waals surface area contributed by atoms with Gasteiger partial charge < -0.3 is 14.6 Å². The Kier molecular flexibility index (Phi) is 6.13. The summed E-state index contributed by atoms with van der Waals surface area (Å²) in [6.07, 6.45) is -4.13. The summed E-state index contributed by atoms with van der Waals surface area (Å²) in [5.74, 6) is 0.0274. The van der Waals surface area contributed by atoms with Gasteiger partial charge in [-0.3, -0.25) is 4.79 Å². The van der Waals surface area contributed by atoms with Crippen LogP contribution in [-0.4, -0.2) is 35.8 Å². The molecule has 1 aromatic heterocycles. The lowest BCUT2D eigenvalue weighted by Crippen LogP contribution is -2.35. The van der Waals surface area contributed by atoms with Crippen molar-refractivity contribution < 1.29 is 27.2 Å². The van der Waals surface area contributed by atoms with Crippen molar-refractivity contribution in [1.82, 2.24) is 15.5 Å². The molecule has 1 amide bonds. The minimum atomic E-state index is -4.44. The predicted octanol–water partition coefficient (Wildman–Crippen LogP) is 2.84. The van der Waals surface area contributed by atoms with Gasteiger partial charge in [0, 0.05) is 31.6 Å². The molecule has 6 nitrogen and oxygen atoms in total. The number of nitrogens with one attached hydrogen (secondary N) is 1. The number of hydrogen-bond acceptors (Lipinski definition) is 5. The highest BCUT2D eigenvalue weighted by Crippen LogP contribution is 2.31. The average molecular weight is 357 g/mol. The van der Waals surface area contributed by atoms with E-state index in [-0.39, 0.29) is 42.1 Å². The summed E-state index contributed by atoms with van der Waals surface area (Å²) in [5, 5.41) is 6.41. The maximum atomic E-state index is 12.7. The van der Waals surface area contributed by atoms with Crippen molar-refractivity contribution in [2.45, 2.75) is 32.0 Å². The Morgan fingerprint density at radius 2 is 2.16 bits per heavy atom. The highest BCUT2D eigenvalue weighted by Gasteiger charge is 2.30. The highest BCUT2D eigenvalue weighted by atomic mass is 19.4. The van der Waals surface area contributed by atoms with E-state index in [1.165, 1.54) is 19.2 Å². The van der Waals surface area contributed by atoms with Gasteiger partial charge >= 0.3 is 6.18 Å². The van der Waals surface area contributed by atoms with Crippen LogP contribution in [0.5, 0.6) is 0 Å². The van der Waals surface area contributed by atoms with Gasteiger partial charge in [-0.2, -0.15) is 18.2 Å². The summed E-state index contributed by atoms with van der Waals surface area (Å²) < 4.78 is 48.1. The zero-order valence-corrected chi connectivity index (χ0v) is 13.8. The van der Waals surface area contributed by atoms with Gasteiger partial charge in [0.1, 0.15) is 0 Å². The first-order valence-corrected chi connectivity index (χ1v) is 7.58. The Bertz CT molecular complexity index is 716. The monoisotopic (exact) mass is 357 g/mol. The smallest absolute Gasteiger partial charge is 0.383 e. The predicted molar refractivity (Wildman–Crippen MR) is 82.5 cm³/mol. The second-order valence-electron chi connectivity index (χ2n) is 5.51. The van der Waals surface area contributed by atoms with E-state index in [0.29, 0.717) is 6.61 Å².